The predicted octanol–water partition coefficient (Wildman–Crippen LogP) is 2.65. The van der Waals surface area contributed by atoms with E-state index in [1.54, 1.807) is 0 Å². The molecule has 3 N–H and O–H groups in total. The van der Waals surface area contributed by atoms with Crippen molar-refractivity contribution in [1.29, 1.82) is 0 Å². The third kappa shape index (κ3) is 2.82. The van der Waals surface area contributed by atoms with Crippen molar-refractivity contribution >= 4 is 11.8 Å². The van der Waals surface area contributed by atoms with E-state index in [2.05, 4.69) is 13.8 Å². The lowest BCUT2D eigenvalue weighted by atomic mass is 9.61. The van der Waals surface area contributed by atoms with Crippen LogP contribution in [-0.2, 0) is 0 Å². The summed E-state index contributed by atoms with van der Waals surface area (Å²) in [5, 5.41) is 10.7. The molecule has 2 atom stereocenters. The van der Waals surface area contributed by atoms with Gasteiger partial charge in [0.25, 0.3) is 0 Å². The first-order chi connectivity index (χ1) is 7.99. The molecule has 0 spiro atoms. The van der Waals surface area contributed by atoms with Gasteiger partial charge in [0.2, 0.25) is 0 Å². The number of nitrogens with two attached hydrogens (primary N) is 1. The lowest BCUT2D eigenvalue weighted by molar-refractivity contribution is -0.0485. The highest BCUT2D eigenvalue weighted by Gasteiger charge is 2.45. The third-order valence-corrected chi connectivity index (χ3v) is 6.23. The zero-order valence-electron chi connectivity index (χ0n) is 11.2. The maximum atomic E-state index is 10.7. The van der Waals surface area contributed by atoms with Gasteiger partial charge in [-0.05, 0) is 54.9 Å². The van der Waals surface area contributed by atoms with Gasteiger partial charge in [-0.25, -0.2) is 0 Å². The van der Waals surface area contributed by atoms with Crippen LogP contribution >= 0.6 is 11.8 Å². The van der Waals surface area contributed by atoms with Crippen molar-refractivity contribution in [3.63, 3.8) is 0 Å². The standard InChI is InChI=1S/C14H27NOS/c1-13(2)4-6-14(10-15,7-5-13)12(16)11-3-8-17-9-11/h11-12,16H,3-10,15H2,1-2H3. The van der Waals surface area contributed by atoms with E-state index in [0.29, 0.717) is 17.9 Å². The largest absolute Gasteiger partial charge is 0.392 e. The Bertz CT molecular complexity index is 251. The molecule has 1 aliphatic carbocycles. The van der Waals surface area contributed by atoms with Gasteiger partial charge in [-0.1, -0.05) is 13.8 Å². The Morgan fingerprint density at radius 1 is 1.29 bits per heavy atom. The van der Waals surface area contributed by atoms with Gasteiger partial charge in [-0.2, -0.15) is 11.8 Å². The number of thioether (sulfide) groups is 1. The summed E-state index contributed by atoms with van der Waals surface area (Å²) in [7, 11) is 0. The number of rotatable bonds is 3. The zero-order valence-corrected chi connectivity index (χ0v) is 12.1. The SMILES string of the molecule is CC1(C)CCC(CN)(C(O)C2CCSC2)CC1. The molecule has 0 bridgehead atoms. The first-order valence-corrected chi connectivity index (χ1v) is 8.10. The molecule has 1 saturated carbocycles. The molecule has 0 radical (unpaired) electrons. The van der Waals surface area contributed by atoms with Crippen LogP contribution in [0.1, 0.15) is 46.0 Å². The zero-order chi connectivity index (χ0) is 12.5. The van der Waals surface area contributed by atoms with Crippen molar-refractivity contribution in [3.05, 3.63) is 0 Å². The average molecular weight is 257 g/mol. The van der Waals surface area contributed by atoms with Crippen LogP contribution in [0.5, 0.6) is 0 Å². The smallest absolute Gasteiger partial charge is 0.0644 e. The minimum Gasteiger partial charge on any atom is -0.392 e. The first-order valence-electron chi connectivity index (χ1n) is 6.95. The van der Waals surface area contributed by atoms with E-state index in [-0.39, 0.29) is 11.5 Å². The van der Waals surface area contributed by atoms with E-state index in [9.17, 15) is 5.11 Å². The minimum atomic E-state index is -0.168. The fourth-order valence-electron chi connectivity index (χ4n) is 3.35. The molecule has 0 aromatic rings. The van der Waals surface area contributed by atoms with E-state index in [4.69, 9.17) is 5.73 Å². The van der Waals surface area contributed by atoms with Crippen LogP contribution in [0.15, 0.2) is 0 Å². The summed E-state index contributed by atoms with van der Waals surface area (Å²) in [4.78, 5) is 0. The van der Waals surface area contributed by atoms with Gasteiger partial charge < -0.3 is 10.8 Å². The number of aliphatic hydroxyl groups excluding tert-OH is 1. The van der Waals surface area contributed by atoms with Crippen LogP contribution in [0.2, 0.25) is 0 Å². The molecular weight excluding hydrogens is 230 g/mol. The maximum absolute atomic E-state index is 10.7. The Morgan fingerprint density at radius 2 is 1.94 bits per heavy atom. The molecule has 100 valence electrons. The van der Waals surface area contributed by atoms with Gasteiger partial charge in [-0.15, -0.1) is 0 Å². The van der Waals surface area contributed by atoms with E-state index in [1.807, 2.05) is 11.8 Å². The first kappa shape index (κ1) is 13.7. The molecule has 2 aliphatic rings. The molecule has 2 unspecified atom stereocenters. The lowest BCUT2D eigenvalue weighted by Crippen LogP contribution is -2.49. The average Bonchev–Trinajstić information content (AvgIpc) is 2.82. The fraction of sp³-hybridized carbons (Fsp3) is 1.00. The Kier molecular flexibility index (Phi) is 4.11. The lowest BCUT2D eigenvalue weighted by Gasteiger charge is -2.47. The van der Waals surface area contributed by atoms with Gasteiger partial charge in [0, 0.05) is 12.0 Å². The van der Waals surface area contributed by atoms with Crippen molar-refractivity contribution in [2.24, 2.45) is 22.5 Å². The van der Waals surface area contributed by atoms with E-state index >= 15 is 0 Å². The van der Waals surface area contributed by atoms with Gasteiger partial charge in [0.1, 0.15) is 0 Å². The maximum Gasteiger partial charge on any atom is 0.0644 e. The Hall–Kier alpha value is 0.270. The second kappa shape index (κ2) is 5.10. The summed E-state index contributed by atoms with van der Waals surface area (Å²) in [6.07, 6.45) is 5.65. The van der Waals surface area contributed by atoms with Gasteiger partial charge in [0.15, 0.2) is 0 Å². The highest BCUT2D eigenvalue weighted by Crippen LogP contribution is 2.49. The predicted molar refractivity (Wildman–Crippen MR) is 75.2 cm³/mol. The van der Waals surface area contributed by atoms with Gasteiger partial charge in [0.05, 0.1) is 6.10 Å². The molecule has 2 nitrogen and oxygen atoms in total. The molecule has 0 amide bonds. The summed E-state index contributed by atoms with van der Waals surface area (Å²) in [6, 6.07) is 0. The Balaban J connectivity index is 2.04. The number of aliphatic hydroxyl groups is 1. The molecule has 3 heteroatoms. The van der Waals surface area contributed by atoms with Crippen LogP contribution < -0.4 is 5.73 Å². The van der Waals surface area contributed by atoms with Crippen molar-refractivity contribution < 1.29 is 5.11 Å². The summed E-state index contributed by atoms with van der Waals surface area (Å²) in [5.41, 5.74) is 6.49. The minimum absolute atomic E-state index is 0.0189. The van der Waals surface area contributed by atoms with Crippen LogP contribution in [0, 0.1) is 16.7 Å². The van der Waals surface area contributed by atoms with Crippen molar-refractivity contribution in [3.8, 4) is 0 Å². The molecule has 17 heavy (non-hydrogen) atoms. The molecule has 1 aliphatic heterocycles. The molecule has 0 aromatic heterocycles. The number of hydrogen-bond donors (Lipinski definition) is 2. The van der Waals surface area contributed by atoms with Crippen LogP contribution in [0.25, 0.3) is 0 Å². The molecule has 2 fully saturated rings. The monoisotopic (exact) mass is 257 g/mol. The van der Waals surface area contributed by atoms with Crippen LogP contribution in [0.4, 0.5) is 0 Å². The van der Waals surface area contributed by atoms with Gasteiger partial charge >= 0.3 is 0 Å². The third-order valence-electron chi connectivity index (χ3n) is 5.04. The number of hydrogen-bond acceptors (Lipinski definition) is 3. The van der Waals surface area contributed by atoms with E-state index in [1.165, 1.54) is 25.0 Å². The van der Waals surface area contributed by atoms with Crippen LogP contribution in [0.3, 0.4) is 0 Å². The highest BCUT2D eigenvalue weighted by molar-refractivity contribution is 7.99. The van der Waals surface area contributed by atoms with Gasteiger partial charge in [-0.3, -0.25) is 0 Å². The fourth-order valence-corrected chi connectivity index (χ4v) is 4.63. The Morgan fingerprint density at radius 3 is 2.41 bits per heavy atom. The quantitative estimate of drug-likeness (QED) is 0.817. The summed E-state index contributed by atoms with van der Waals surface area (Å²) in [6.45, 7) is 5.34. The molecule has 1 heterocycles. The summed E-state index contributed by atoms with van der Waals surface area (Å²) < 4.78 is 0. The van der Waals surface area contributed by atoms with Crippen LogP contribution in [-0.4, -0.2) is 29.3 Å². The highest BCUT2D eigenvalue weighted by atomic mass is 32.2. The Labute approximate surface area is 110 Å². The molecule has 0 aromatic carbocycles. The molecule has 1 saturated heterocycles. The normalized spacial score (nSPS) is 33.5. The van der Waals surface area contributed by atoms with Crippen molar-refractivity contribution in [2.45, 2.75) is 52.1 Å². The second-order valence-corrected chi connectivity index (χ2v) is 7.95. The summed E-state index contributed by atoms with van der Waals surface area (Å²) >= 11 is 1.98. The molecular formula is C14H27NOS. The van der Waals surface area contributed by atoms with Crippen molar-refractivity contribution in [2.75, 3.05) is 18.1 Å². The second-order valence-electron chi connectivity index (χ2n) is 6.80. The molecule has 2 rings (SSSR count). The van der Waals surface area contributed by atoms with E-state index < -0.39 is 0 Å². The van der Waals surface area contributed by atoms with E-state index in [0.717, 1.165) is 18.6 Å². The van der Waals surface area contributed by atoms with Crippen molar-refractivity contribution in [1.82, 2.24) is 0 Å². The summed E-state index contributed by atoms with van der Waals surface area (Å²) in [5.74, 6) is 2.84. The topological polar surface area (TPSA) is 46.2 Å².